The summed E-state index contributed by atoms with van der Waals surface area (Å²) in [4.78, 5) is 69.0. The number of carbonyl (C=O) groups is 4. The van der Waals surface area contributed by atoms with Crippen LogP contribution in [0, 0.1) is 5.92 Å². The molecule has 3 aliphatic rings. The second-order valence-corrected chi connectivity index (χ2v) is 18.3. The zero-order valence-electron chi connectivity index (χ0n) is 35.6. The Bertz CT molecular complexity index is 2710. The number of nitrogens with zero attached hydrogens (tertiary/aromatic N) is 4. The van der Waals surface area contributed by atoms with E-state index in [-0.39, 0.29) is 29.8 Å². The molecule has 324 valence electrons. The topological polar surface area (TPSA) is 158 Å². The van der Waals surface area contributed by atoms with E-state index in [9.17, 15) is 19.2 Å². The molecule has 2 saturated heterocycles. The zero-order valence-corrected chi connectivity index (χ0v) is 37.2. The molecule has 0 spiro atoms. The van der Waals surface area contributed by atoms with E-state index in [4.69, 9.17) is 19.5 Å². The lowest BCUT2D eigenvalue weighted by Crippen LogP contribution is -2.53. The molecule has 2 unspecified atom stereocenters. The maximum atomic E-state index is 14.0. The number of ether oxygens (including phenoxy) is 2. The number of aromatic nitrogens is 2. The first-order valence-electron chi connectivity index (χ1n) is 21.3. The smallest absolute Gasteiger partial charge is 0.407 e. The molecular weight excluding hydrogens is 835 g/mol. The molecule has 0 bridgehead atoms. The fraction of sp³-hybridized carbons (Fsp3) is 0.333. The predicted molar refractivity (Wildman–Crippen MR) is 246 cm³/mol. The second kappa shape index (κ2) is 17.8. The molecule has 0 radical (unpaired) electrons. The van der Waals surface area contributed by atoms with Gasteiger partial charge in [-0.1, -0.05) is 74.5 Å². The molecule has 63 heavy (non-hydrogen) atoms. The van der Waals surface area contributed by atoms with Crippen molar-refractivity contribution in [3.63, 3.8) is 0 Å². The Morgan fingerprint density at radius 2 is 1.38 bits per heavy atom. The minimum absolute atomic E-state index is 0.0893. The first-order chi connectivity index (χ1) is 30.6. The van der Waals surface area contributed by atoms with Gasteiger partial charge in [0.1, 0.15) is 17.9 Å². The van der Waals surface area contributed by atoms with Crippen molar-refractivity contribution in [3.05, 3.63) is 107 Å². The quantitative estimate of drug-likeness (QED) is 0.117. The third kappa shape index (κ3) is 8.22. The number of alkyl carbamates (subject to hydrolysis) is 2. The van der Waals surface area contributed by atoms with Crippen LogP contribution in [0.4, 0.5) is 15.3 Å². The van der Waals surface area contributed by atoms with Crippen molar-refractivity contribution in [3.8, 4) is 33.5 Å². The summed E-state index contributed by atoms with van der Waals surface area (Å²) in [7, 11) is 2.59. The molecule has 15 heteroatoms. The van der Waals surface area contributed by atoms with Crippen LogP contribution in [-0.2, 0) is 25.5 Å². The number of H-pyrrole nitrogens is 1. The lowest BCUT2D eigenvalue weighted by atomic mass is 9.98. The number of aromatic amines is 1. The van der Waals surface area contributed by atoms with Crippen LogP contribution < -0.4 is 10.6 Å². The normalized spacial score (nSPS) is 18.0. The molecule has 0 aliphatic carbocycles. The molecule has 9 rings (SSSR count). The van der Waals surface area contributed by atoms with E-state index < -0.39 is 24.3 Å². The van der Waals surface area contributed by atoms with Crippen LogP contribution in [0.2, 0.25) is 0 Å². The standard InChI is InChI=1S/C48H49N7O6S2/c1-27(2)40(52-47(58)60-3)45(56)54-20-8-12-38(54)36-23-32-22-31(18-19-35(32)50-36)34-26-63-42-33(25-62-43(34)42)28-14-16-29(17-15-28)37-24-49-44(51-37)39-13-9-21-55(39)46(57)41(53-48(59)61-4)30-10-6-5-7-11-30/h5-7,10-11,14-19,22,24-27,38-41H,8-9,12-13,20-21,23H2,1-4H3,(H,49,51)(H,52,58)(H,53,59)/t38?,39?,40-,41+/m0/s1. The van der Waals surface area contributed by atoms with Crippen molar-refractivity contribution in [2.75, 3.05) is 27.3 Å². The number of imidazole rings is 1. The van der Waals surface area contributed by atoms with Gasteiger partial charge >= 0.3 is 12.2 Å². The fourth-order valence-corrected chi connectivity index (χ4v) is 11.6. The summed E-state index contributed by atoms with van der Waals surface area (Å²) in [5, 5.41) is 9.94. The van der Waals surface area contributed by atoms with Crippen LogP contribution in [0.5, 0.6) is 0 Å². The zero-order chi connectivity index (χ0) is 43.8. The van der Waals surface area contributed by atoms with Gasteiger partial charge in [-0.2, -0.15) is 0 Å². The summed E-state index contributed by atoms with van der Waals surface area (Å²) >= 11 is 3.50. The fourth-order valence-electron chi connectivity index (χ4n) is 9.13. The number of carbonyl (C=O) groups excluding carboxylic acids is 4. The van der Waals surface area contributed by atoms with Crippen molar-refractivity contribution in [2.45, 2.75) is 70.1 Å². The number of hydrogen-bond donors (Lipinski definition) is 3. The Balaban J connectivity index is 0.881. The average Bonchev–Trinajstić information content (AvgIpc) is 4.17. The molecule has 0 saturated carbocycles. The van der Waals surface area contributed by atoms with E-state index in [0.717, 1.165) is 65.0 Å². The second-order valence-electron chi connectivity index (χ2n) is 16.6. The Labute approximate surface area is 373 Å². The highest BCUT2D eigenvalue weighted by molar-refractivity contribution is 7.27. The SMILES string of the molecule is COC(=O)N[C@H](C(=O)N1CCCC1C1=Nc2ccc(-c3csc4c(-c5ccc(-c6cnc(C7CCCN7C(=O)[C@H](NC(=O)OC)c7ccccc7)[nH]6)cc5)csc34)cc2C1)C(C)C. The van der Waals surface area contributed by atoms with Crippen molar-refractivity contribution in [1.82, 2.24) is 30.4 Å². The minimum atomic E-state index is -0.878. The highest BCUT2D eigenvalue weighted by atomic mass is 32.1. The number of fused-ring (bicyclic) bond motifs is 2. The van der Waals surface area contributed by atoms with E-state index >= 15 is 0 Å². The number of thiophene rings is 2. The van der Waals surface area contributed by atoms with E-state index in [2.05, 4.69) is 68.8 Å². The summed E-state index contributed by atoms with van der Waals surface area (Å²) < 4.78 is 12.1. The summed E-state index contributed by atoms with van der Waals surface area (Å²) in [6.07, 6.45) is 4.55. The minimum Gasteiger partial charge on any atom is -0.453 e. The number of rotatable bonds is 11. The first-order valence-corrected chi connectivity index (χ1v) is 23.1. The van der Waals surface area contributed by atoms with Gasteiger partial charge in [0.2, 0.25) is 5.91 Å². The Kier molecular flexibility index (Phi) is 11.9. The predicted octanol–water partition coefficient (Wildman–Crippen LogP) is 9.45. The van der Waals surface area contributed by atoms with Crippen LogP contribution in [-0.4, -0.2) is 88.9 Å². The van der Waals surface area contributed by atoms with Crippen LogP contribution in [0.3, 0.4) is 0 Å². The molecular formula is C48H49N7O6S2. The summed E-state index contributed by atoms with van der Waals surface area (Å²) in [5.74, 6) is 0.324. The van der Waals surface area contributed by atoms with Crippen molar-refractivity contribution < 1.29 is 28.7 Å². The van der Waals surface area contributed by atoms with Gasteiger partial charge in [-0.15, -0.1) is 22.7 Å². The number of amides is 4. The van der Waals surface area contributed by atoms with Crippen LogP contribution >= 0.6 is 22.7 Å². The molecule has 4 amide bonds. The number of hydrogen-bond acceptors (Lipinski definition) is 10. The van der Waals surface area contributed by atoms with E-state index in [1.54, 1.807) is 27.6 Å². The van der Waals surface area contributed by atoms with Gasteiger partial charge in [0.05, 0.1) is 53.3 Å². The van der Waals surface area contributed by atoms with Crippen LogP contribution in [0.25, 0.3) is 42.9 Å². The first kappa shape index (κ1) is 42.0. The molecule has 3 aliphatic heterocycles. The number of benzene rings is 3. The van der Waals surface area contributed by atoms with E-state index in [1.807, 2.05) is 55.3 Å². The van der Waals surface area contributed by atoms with E-state index in [1.165, 1.54) is 34.7 Å². The summed E-state index contributed by atoms with van der Waals surface area (Å²) in [6.45, 7) is 5.05. The number of likely N-dealkylation sites (tertiary alicyclic amines) is 2. The van der Waals surface area contributed by atoms with Gasteiger partial charge in [0.15, 0.2) is 0 Å². The molecule has 13 nitrogen and oxygen atoms in total. The van der Waals surface area contributed by atoms with Gasteiger partial charge in [-0.25, -0.2) is 14.6 Å². The average molecular weight is 884 g/mol. The highest BCUT2D eigenvalue weighted by Gasteiger charge is 2.40. The molecule has 2 fully saturated rings. The lowest BCUT2D eigenvalue weighted by molar-refractivity contribution is -0.135. The maximum Gasteiger partial charge on any atom is 0.407 e. The summed E-state index contributed by atoms with van der Waals surface area (Å²) in [5.41, 5.74) is 10.3. The molecule has 6 aromatic rings. The molecule has 3 N–H and O–H groups in total. The molecule has 4 atom stereocenters. The van der Waals surface area contributed by atoms with Gasteiger partial charge in [0.25, 0.3) is 5.91 Å². The summed E-state index contributed by atoms with van der Waals surface area (Å²) in [6, 6.07) is 22.3. The molecule has 3 aromatic carbocycles. The van der Waals surface area contributed by atoms with Crippen LogP contribution in [0.1, 0.15) is 68.6 Å². The Morgan fingerprint density at radius 1 is 0.762 bits per heavy atom. The van der Waals surface area contributed by atoms with Crippen LogP contribution in [0.15, 0.2) is 94.7 Å². The van der Waals surface area contributed by atoms with Gasteiger partial charge < -0.3 is 34.9 Å². The van der Waals surface area contributed by atoms with Crippen molar-refractivity contribution >= 4 is 67.5 Å². The van der Waals surface area contributed by atoms with E-state index in [0.29, 0.717) is 30.9 Å². The number of nitrogens with one attached hydrogen (secondary N) is 3. The third-order valence-electron chi connectivity index (χ3n) is 12.4. The van der Waals surface area contributed by atoms with Crippen molar-refractivity contribution in [2.24, 2.45) is 10.9 Å². The van der Waals surface area contributed by atoms with Crippen molar-refractivity contribution in [1.29, 1.82) is 0 Å². The lowest BCUT2D eigenvalue weighted by Gasteiger charge is -2.30. The molecule has 3 aromatic heterocycles. The highest BCUT2D eigenvalue weighted by Crippen LogP contribution is 2.46. The molecule has 6 heterocycles. The Morgan fingerprint density at radius 3 is 2.06 bits per heavy atom. The largest absolute Gasteiger partial charge is 0.453 e. The maximum absolute atomic E-state index is 14.0. The third-order valence-corrected chi connectivity index (χ3v) is 14.6. The Hall–Kier alpha value is -6.32. The van der Waals surface area contributed by atoms with Gasteiger partial charge in [-0.3, -0.25) is 14.6 Å². The number of methoxy groups -OCH3 is 2. The van der Waals surface area contributed by atoms with Gasteiger partial charge in [-0.05, 0) is 71.6 Å². The number of aliphatic imine (C=N–C) groups is 1. The van der Waals surface area contributed by atoms with Gasteiger partial charge in [0, 0.05) is 47.1 Å². The monoisotopic (exact) mass is 883 g/mol.